The van der Waals surface area contributed by atoms with Gasteiger partial charge in [-0.3, -0.25) is 9.69 Å². The quantitative estimate of drug-likeness (QED) is 0.749. The number of fused-ring (bicyclic) bond motifs is 1. The summed E-state index contributed by atoms with van der Waals surface area (Å²) in [5.74, 6) is -0.0183. The third-order valence-electron chi connectivity index (χ3n) is 4.90. The van der Waals surface area contributed by atoms with Crippen molar-refractivity contribution in [1.82, 2.24) is 10.2 Å². The third-order valence-corrected chi connectivity index (χ3v) is 5.61. The van der Waals surface area contributed by atoms with E-state index in [1.54, 1.807) is 11.3 Å². The van der Waals surface area contributed by atoms with Crippen LogP contribution in [0.5, 0.6) is 0 Å². The van der Waals surface area contributed by atoms with E-state index in [2.05, 4.69) is 27.0 Å². The number of amides is 1. The Morgan fingerprint density at radius 1 is 1.12 bits per heavy atom. The maximum absolute atomic E-state index is 12.9. The molecule has 4 rings (SSSR count). The SMILES string of the molecule is O=C(NC[C@@H](c1ccsc1)N1CCOCC1)c1cccc2ccccc12. The summed E-state index contributed by atoms with van der Waals surface area (Å²) in [5, 5.41) is 9.50. The van der Waals surface area contributed by atoms with Gasteiger partial charge in [0.25, 0.3) is 5.91 Å². The number of nitrogens with one attached hydrogen (secondary N) is 1. The maximum atomic E-state index is 12.9. The summed E-state index contributed by atoms with van der Waals surface area (Å²) in [5.41, 5.74) is 1.99. The first kappa shape index (κ1) is 17.2. The molecule has 0 bridgehead atoms. The minimum absolute atomic E-state index is 0.0183. The van der Waals surface area contributed by atoms with Crippen molar-refractivity contribution in [2.45, 2.75) is 6.04 Å². The summed E-state index contributed by atoms with van der Waals surface area (Å²) in [6, 6.07) is 16.2. The van der Waals surface area contributed by atoms with E-state index in [9.17, 15) is 4.79 Å². The predicted octanol–water partition coefficient (Wildman–Crippen LogP) is 3.70. The molecule has 0 unspecified atom stereocenters. The van der Waals surface area contributed by atoms with Crippen LogP contribution in [-0.4, -0.2) is 43.7 Å². The average molecular weight is 366 g/mol. The van der Waals surface area contributed by atoms with E-state index in [0.29, 0.717) is 6.54 Å². The number of nitrogens with zero attached hydrogens (tertiary/aromatic N) is 1. The highest BCUT2D eigenvalue weighted by Crippen LogP contribution is 2.24. The van der Waals surface area contributed by atoms with E-state index in [4.69, 9.17) is 4.74 Å². The molecule has 2 heterocycles. The van der Waals surface area contributed by atoms with Crippen LogP contribution in [-0.2, 0) is 4.74 Å². The van der Waals surface area contributed by atoms with Gasteiger partial charge in [-0.15, -0.1) is 0 Å². The zero-order chi connectivity index (χ0) is 17.8. The summed E-state index contributed by atoms with van der Waals surface area (Å²) in [4.78, 5) is 15.3. The Hall–Kier alpha value is -2.21. The van der Waals surface area contributed by atoms with Crippen LogP contribution in [0.4, 0.5) is 0 Å². The molecule has 4 nitrogen and oxygen atoms in total. The van der Waals surface area contributed by atoms with Gasteiger partial charge < -0.3 is 10.1 Å². The maximum Gasteiger partial charge on any atom is 0.251 e. The molecule has 1 aliphatic heterocycles. The van der Waals surface area contributed by atoms with Gasteiger partial charge in [0.1, 0.15) is 0 Å². The highest BCUT2D eigenvalue weighted by molar-refractivity contribution is 7.07. The van der Waals surface area contributed by atoms with E-state index in [0.717, 1.165) is 42.6 Å². The Morgan fingerprint density at radius 3 is 2.73 bits per heavy atom. The van der Waals surface area contributed by atoms with Gasteiger partial charge in [-0.25, -0.2) is 0 Å². The topological polar surface area (TPSA) is 41.6 Å². The van der Waals surface area contributed by atoms with Crippen molar-refractivity contribution < 1.29 is 9.53 Å². The number of ether oxygens (including phenoxy) is 1. The first-order chi connectivity index (χ1) is 12.8. The molecule has 1 aromatic heterocycles. The summed E-state index contributed by atoms with van der Waals surface area (Å²) >= 11 is 1.69. The number of carbonyl (C=O) groups is 1. The van der Waals surface area contributed by atoms with Crippen LogP contribution in [0.15, 0.2) is 59.3 Å². The summed E-state index contributed by atoms with van der Waals surface area (Å²) < 4.78 is 5.48. The number of hydrogen-bond donors (Lipinski definition) is 1. The number of thiophene rings is 1. The lowest BCUT2D eigenvalue weighted by Gasteiger charge is -2.34. The molecule has 0 aliphatic carbocycles. The van der Waals surface area contributed by atoms with E-state index < -0.39 is 0 Å². The molecule has 1 atom stereocenters. The average Bonchev–Trinajstić information content (AvgIpc) is 3.23. The predicted molar refractivity (Wildman–Crippen MR) is 106 cm³/mol. The molecule has 1 fully saturated rings. The first-order valence-electron chi connectivity index (χ1n) is 8.93. The van der Waals surface area contributed by atoms with Gasteiger partial charge in [0.15, 0.2) is 0 Å². The molecule has 3 aromatic rings. The fraction of sp³-hybridized carbons (Fsp3) is 0.286. The molecule has 1 amide bonds. The Bertz CT molecular complexity index is 867. The first-order valence-corrected chi connectivity index (χ1v) is 9.87. The second-order valence-corrected chi connectivity index (χ2v) is 7.24. The second-order valence-electron chi connectivity index (χ2n) is 6.46. The summed E-state index contributed by atoms with van der Waals surface area (Å²) in [7, 11) is 0. The van der Waals surface area contributed by atoms with Crippen molar-refractivity contribution in [2.75, 3.05) is 32.8 Å². The van der Waals surface area contributed by atoms with Crippen molar-refractivity contribution in [3.8, 4) is 0 Å². The van der Waals surface area contributed by atoms with Gasteiger partial charge in [0.2, 0.25) is 0 Å². The normalized spacial score (nSPS) is 16.5. The van der Waals surface area contributed by atoms with Crippen LogP contribution in [0.3, 0.4) is 0 Å². The zero-order valence-electron chi connectivity index (χ0n) is 14.6. The van der Waals surface area contributed by atoms with Crippen molar-refractivity contribution >= 4 is 28.0 Å². The van der Waals surface area contributed by atoms with Crippen LogP contribution >= 0.6 is 11.3 Å². The largest absolute Gasteiger partial charge is 0.379 e. The van der Waals surface area contributed by atoms with E-state index in [-0.39, 0.29) is 11.9 Å². The smallest absolute Gasteiger partial charge is 0.251 e. The molecule has 0 radical (unpaired) electrons. The van der Waals surface area contributed by atoms with Gasteiger partial charge in [0, 0.05) is 25.2 Å². The number of hydrogen-bond acceptors (Lipinski definition) is 4. The van der Waals surface area contributed by atoms with Gasteiger partial charge >= 0.3 is 0 Å². The van der Waals surface area contributed by atoms with Gasteiger partial charge in [-0.2, -0.15) is 11.3 Å². The molecular formula is C21H22N2O2S. The number of carbonyl (C=O) groups excluding carboxylic acids is 1. The third kappa shape index (κ3) is 3.65. The summed E-state index contributed by atoms with van der Waals surface area (Å²) in [6.45, 7) is 3.88. The van der Waals surface area contributed by atoms with Gasteiger partial charge in [-0.1, -0.05) is 36.4 Å². The lowest BCUT2D eigenvalue weighted by Crippen LogP contribution is -2.43. The Kier molecular flexibility index (Phi) is 5.29. The van der Waals surface area contributed by atoms with Gasteiger partial charge in [0.05, 0.1) is 19.3 Å². The standard InChI is InChI=1S/C21H22N2O2S/c24-21(19-7-3-5-16-4-1-2-6-18(16)19)22-14-20(17-8-13-26-15-17)23-9-11-25-12-10-23/h1-8,13,15,20H,9-12,14H2,(H,22,24)/t20-/m0/s1. The van der Waals surface area contributed by atoms with Crippen LogP contribution in [0, 0.1) is 0 Å². The lowest BCUT2D eigenvalue weighted by molar-refractivity contribution is 0.0163. The second kappa shape index (κ2) is 7.99. The number of benzene rings is 2. The molecule has 5 heteroatoms. The van der Waals surface area contributed by atoms with E-state index in [1.165, 1.54) is 5.56 Å². The molecule has 134 valence electrons. The number of morpholine rings is 1. The minimum atomic E-state index is -0.0183. The Labute approximate surface area is 157 Å². The van der Waals surface area contributed by atoms with Crippen LogP contribution < -0.4 is 5.32 Å². The van der Waals surface area contributed by atoms with E-state index >= 15 is 0 Å². The van der Waals surface area contributed by atoms with Crippen molar-refractivity contribution in [3.63, 3.8) is 0 Å². The van der Waals surface area contributed by atoms with Gasteiger partial charge in [-0.05, 0) is 39.2 Å². The highest BCUT2D eigenvalue weighted by atomic mass is 32.1. The molecular weight excluding hydrogens is 344 g/mol. The Morgan fingerprint density at radius 2 is 1.92 bits per heavy atom. The molecule has 26 heavy (non-hydrogen) atoms. The molecule has 2 aromatic carbocycles. The highest BCUT2D eigenvalue weighted by Gasteiger charge is 2.24. The summed E-state index contributed by atoms with van der Waals surface area (Å²) in [6.07, 6.45) is 0. The fourth-order valence-corrected chi connectivity index (χ4v) is 4.23. The van der Waals surface area contributed by atoms with Crippen molar-refractivity contribution in [3.05, 3.63) is 70.4 Å². The Balaban J connectivity index is 1.52. The molecule has 0 saturated carbocycles. The van der Waals surface area contributed by atoms with Crippen LogP contribution in [0.1, 0.15) is 22.0 Å². The monoisotopic (exact) mass is 366 g/mol. The molecule has 0 spiro atoms. The minimum Gasteiger partial charge on any atom is -0.379 e. The molecule has 1 saturated heterocycles. The molecule has 1 N–H and O–H groups in total. The lowest BCUT2D eigenvalue weighted by atomic mass is 10.0. The van der Waals surface area contributed by atoms with Crippen molar-refractivity contribution in [2.24, 2.45) is 0 Å². The zero-order valence-corrected chi connectivity index (χ0v) is 15.4. The van der Waals surface area contributed by atoms with E-state index in [1.807, 2.05) is 42.5 Å². The fourth-order valence-electron chi connectivity index (χ4n) is 3.52. The van der Waals surface area contributed by atoms with Crippen molar-refractivity contribution in [1.29, 1.82) is 0 Å². The van der Waals surface area contributed by atoms with Crippen LogP contribution in [0.25, 0.3) is 10.8 Å². The van der Waals surface area contributed by atoms with Crippen LogP contribution in [0.2, 0.25) is 0 Å². The number of rotatable bonds is 5. The molecule has 1 aliphatic rings.